The second-order valence-corrected chi connectivity index (χ2v) is 8.17. The predicted octanol–water partition coefficient (Wildman–Crippen LogP) is 1.06. The van der Waals surface area contributed by atoms with E-state index in [9.17, 15) is 8.42 Å². The van der Waals surface area contributed by atoms with Crippen LogP contribution < -0.4 is 10.0 Å². The van der Waals surface area contributed by atoms with Gasteiger partial charge in [-0.05, 0) is 38.2 Å². The molecule has 0 spiro atoms. The van der Waals surface area contributed by atoms with Crippen molar-refractivity contribution in [2.24, 2.45) is 0 Å². The molecule has 1 heterocycles. The molecular weight excluding hydrogens is 308 g/mol. The Balaban J connectivity index is 1.85. The average molecular weight is 332 g/mol. The van der Waals surface area contributed by atoms with Gasteiger partial charge in [0.25, 0.3) is 0 Å². The lowest BCUT2D eigenvalue weighted by atomic mass is 10.3. The van der Waals surface area contributed by atoms with Crippen LogP contribution in [0.5, 0.6) is 0 Å². The first-order chi connectivity index (χ1) is 10.0. The van der Waals surface area contributed by atoms with Crippen molar-refractivity contribution in [1.29, 1.82) is 0 Å². The molecule has 1 fully saturated rings. The Morgan fingerprint density at radius 3 is 2.95 bits per heavy atom. The first kappa shape index (κ1) is 16.8. The molecule has 120 valence electrons. The summed E-state index contributed by atoms with van der Waals surface area (Å²) in [5, 5.41) is 7.50. The van der Waals surface area contributed by atoms with E-state index in [1.54, 1.807) is 22.6 Å². The molecule has 0 aliphatic heterocycles. The molecule has 0 amide bonds. The zero-order valence-corrected chi connectivity index (χ0v) is 14.2. The molecule has 1 unspecified atom stereocenters. The van der Waals surface area contributed by atoms with Gasteiger partial charge in [-0.1, -0.05) is 0 Å². The number of hydrogen-bond acceptors (Lipinski definition) is 5. The van der Waals surface area contributed by atoms with Gasteiger partial charge in [-0.2, -0.15) is 16.9 Å². The lowest BCUT2D eigenvalue weighted by Gasteiger charge is -2.12. The van der Waals surface area contributed by atoms with Crippen LogP contribution in [0.2, 0.25) is 0 Å². The quantitative estimate of drug-likeness (QED) is 0.670. The van der Waals surface area contributed by atoms with Gasteiger partial charge >= 0.3 is 0 Å². The predicted molar refractivity (Wildman–Crippen MR) is 86.0 cm³/mol. The standard InChI is InChI=1S/C13H24N4O2S2/c1-11(5-8-20-2)16-21(18,19)13-9-15-17(10-13)7-6-14-12-3-4-12/h9-12,14,16H,3-8H2,1-2H3. The third kappa shape index (κ3) is 5.61. The van der Waals surface area contributed by atoms with E-state index in [4.69, 9.17) is 0 Å². The van der Waals surface area contributed by atoms with Gasteiger partial charge in [0.15, 0.2) is 0 Å². The number of rotatable bonds is 10. The number of sulfonamides is 1. The summed E-state index contributed by atoms with van der Waals surface area (Å²) >= 11 is 1.71. The molecule has 2 N–H and O–H groups in total. The van der Waals surface area contributed by atoms with E-state index >= 15 is 0 Å². The fourth-order valence-corrected chi connectivity index (χ4v) is 3.78. The molecule has 6 nitrogen and oxygen atoms in total. The highest BCUT2D eigenvalue weighted by Crippen LogP contribution is 2.18. The maximum Gasteiger partial charge on any atom is 0.243 e. The molecule has 21 heavy (non-hydrogen) atoms. The van der Waals surface area contributed by atoms with Gasteiger partial charge in [0.05, 0.1) is 12.7 Å². The second kappa shape index (κ2) is 7.62. The molecule has 1 aromatic rings. The van der Waals surface area contributed by atoms with Crippen molar-refractivity contribution < 1.29 is 8.42 Å². The lowest BCUT2D eigenvalue weighted by Crippen LogP contribution is -2.32. The molecule has 0 radical (unpaired) electrons. The van der Waals surface area contributed by atoms with Crippen LogP contribution in [0.15, 0.2) is 17.3 Å². The number of nitrogens with zero attached hydrogens (tertiary/aromatic N) is 2. The maximum absolute atomic E-state index is 12.2. The Hall–Kier alpha value is -0.570. The number of thioether (sulfide) groups is 1. The first-order valence-corrected chi connectivity index (χ1v) is 10.2. The highest BCUT2D eigenvalue weighted by Gasteiger charge is 2.21. The summed E-state index contributed by atoms with van der Waals surface area (Å²) in [5.41, 5.74) is 0. The monoisotopic (exact) mass is 332 g/mol. The number of aromatic nitrogens is 2. The van der Waals surface area contributed by atoms with Crippen LogP contribution in [0.25, 0.3) is 0 Å². The minimum atomic E-state index is -3.46. The van der Waals surface area contributed by atoms with Crippen LogP contribution in [-0.2, 0) is 16.6 Å². The minimum absolute atomic E-state index is 0.0673. The smallest absolute Gasteiger partial charge is 0.243 e. The third-order valence-corrected chi connectivity index (χ3v) is 5.57. The molecule has 0 saturated heterocycles. The second-order valence-electron chi connectivity index (χ2n) is 5.47. The van der Waals surface area contributed by atoms with Gasteiger partial charge in [0, 0.05) is 24.8 Å². The topological polar surface area (TPSA) is 76.0 Å². The summed E-state index contributed by atoms with van der Waals surface area (Å²) in [5.74, 6) is 0.940. The SMILES string of the molecule is CSCCC(C)NS(=O)(=O)c1cnn(CCNC2CC2)c1. The van der Waals surface area contributed by atoms with E-state index in [2.05, 4.69) is 15.1 Å². The van der Waals surface area contributed by atoms with Gasteiger partial charge in [-0.25, -0.2) is 13.1 Å². The van der Waals surface area contributed by atoms with Crippen molar-refractivity contribution in [3.05, 3.63) is 12.4 Å². The van der Waals surface area contributed by atoms with Crippen LogP contribution in [0, 0.1) is 0 Å². The summed E-state index contributed by atoms with van der Waals surface area (Å²) in [6.07, 6.45) is 8.34. The van der Waals surface area contributed by atoms with Gasteiger partial charge < -0.3 is 5.32 Å². The van der Waals surface area contributed by atoms with Crippen molar-refractivity contribution in [2.45, 2.75) is 49.7 Å². The van der Waals surface area contributed by atoms with Crippen LogP contribution >= 0.6 is 11.8 Å². The molecule has 1 aliphatic rings. The maximum atomic E-state index is 12.2. The summed E-state index contributed by atoms with van der Waals surface area (Å²) in [7, 11) is -3.46. The van der Waals surface area contributed by atoms with Crippen LogP contribution in [0.4, 0.5) is 0 Å². The fourth-order valence-electron chi connectivity index (χ4n) is 1.96. The highest BCUT2D eigenvalue weighted by molar-refractivity contribution is 7.98. The van der Waals surface area contributed by atoms with E-state index in [1.807, 2.05) is 13.2 Å². The Morgan fingerprint density at radius 1 is 1.52 bits per heavy atom. The number of hydrogen-bond donors (Lipinski definition) is 2. The Morgan fingerprint density at radius 2 is 2.29 bits per heavy atom. The normalized spacial score (nSPS) is 17.0. The zero-order valence-electron chi connectivity index (χ0n) is 12.6. The summed E-state index contributed by atoms with van der Waals surface area (Å²) in [6, 6.07) is 0.588. The fraction of sp³-hybridized carbons (Fsp3) is 0.769. The van der Waals surface area contributed by atoms with Crippen LogP contribution in [0.3, 0.4) is 0 Å². The van der Waals surface area contributed by atoms with Crippen molar-refractivity contribution in [3.63, 3.8) is 0 Å². The van der Waals surface area contributed by atoms with Gasteiger partial charge in [0.2, 0.25) is 10.0 Å². The Bertz CT molecular complexity index is 540. The van der Waals surface area contributed by atoms with E-state index in [0.717, 1.165) is 18.7 Å². The first-order valence-electron chi connectivity index (χ1n) is 7.28. The molecule has 0 aromatic carbocycles. The molecule has 1 aromatic heterocycles. The largest absolute Gasteiger partial charge is 0.312 e. The average Bonchev–Trinajstić information content (AvgIpc) is 3.11. The van der Waals surface area contributed by atoms with Crippen molar-refractivity contribution in [2.75, 3.05) is 18.6 Å². The van der Waals surface area contributed by atoms with E-state index in [1.165, 1.54) is 19.0 Å². The molecular formula is C13H24N4O2S2. The summed E-state index contributed by atoms with van der Waals surface area (Å²) < 4.78 is 28.8. The van der Waals surface area contributed by atoms with E-state index < -0.39 is 10.0 Å². The molecule has 2 rings (SSSR count). The van der Waals surface area contributed by atoms with E-state index in [0.29, 0.717) is 12.6 Å². The molecule has 1 aliphatic carbocycles. The summed E-state index contributed by atoms with van der Waals surface area (Å²) in [4.78, 5) is 0.241. The Kier molecular flexibility index (Phi) is 6.09. The Labute approximate surface area is 131 Å². The minimum Gasteiger partial charge on any atom is -0.312 e. The van der Waals surface area contributed by atoms with Gasteiger partial charge in [0.1, 0.15) is 4.90 Å². The molecule has 0 bridgehead atoms. The molecule has 1 saturated carbocycles. The van der Waals surface area contributed by atoms with Crippen molar-refractivity contribution in [3.8, 4) is 0 Å². The van der Waals surface area contributed by atoms with Gasteiger partial charge in [-0.3, -0.25) is 4.68 Å². The molecule has 8 heteroatoms. The van der Waals surface area contributed by atoms with E-state index in [-0.39, 0.29) is 10.9 Å². The number of nitrogens with one attached hydrogen (secondary N) is 2. The van der Waals surface area contributed by atoms with Crippen molar-refractivity contribution >= 4 is 21.8 Å². The third-order valence-electron chi connectivity index (χ3n) is 3.38. The van der Waals surface area contributed by atoms with Crippen LogP contribution in [0.1, 0.15) is 26.2 Å². The zero-order chi connectivity index (χ0) is 15.3. The van der Waals surface area contributed by atoms with Gasteiger partial charge in [-0.15, -0.1) is 0 Å². The highest BCUT2D eigenvalue weighted by atomic mass is 32.2. The van der Waals surface area contributed by atoms with Crippen LogP contribution in [-0.4, -0.2) is 48.8 Å². The van der Waals surface area contributed by atoms with Crippen molar-refractivity contribution in [1.82, 2.24) is 19.8 Å². The summed E-state index contributed by atoms with van der Waals surface area (Å²) in [6.45, 7) is 3.40. The lowest BCUT2D eigenvalue weighted by molar-refractivity contribution is 0.548. The molecule has 1 atom stereocenters.